The first-order valence-electron chi connectivity index (χ1n) is 8.84. The van der Waals surface area contributed by atoms with Gasteiger partial charge in [0.2, 0.25) is 5.88 Å². The van der Waals surface area contributed by atoms with E-state index in [1.165, 1.54) is 23.8 Å². The predicted molar refractivity (Wildman–Crippen MR) is 101 cm³/mol. The molecule has 1 aliphatic rings. The molecular weight excluding hydrogens is 348 g/mol. The third-order valence-corrected chi connectivity index (χ3v) is 4.49. The van der Waals surface area contributed by atoms with Gasteiger partial charge in [0.1, 0.15) is 18.3 Å². The summed E-state index contributed by atoms with van der Waals surface area (Å²) in [7, 11) is 3.31. The summed E-state index contributed by atoms with van der Waals surface area (Å²) < 4.78 is 17.9. The molecule has 0 amide bonds. The highest BCUT2D eigenvalue weighted by atomic mass is 16.5. The van der Waals surface area contributed by atoms with E-state index in [1.54, 1.807) is 0 Å². The highest BCUT2D eigenvalue weighted by molar-refractivity contribution is 5.92. The normalized spacial score (nSPS) is 17.5. The number of aryl methyl sites for hydroxylation is 1. The monoisotopic (exact) mass is 372 g/mol. The van der Waals surface area contributed by atoms with E-state index >= 15 is 0 Å². The molecule has 144 valence electrons. The Morgan fingerprint density at radius 2 is 1.96 bits per heavy atom. The topological polar surface area (TPSA) is 70.0 Å². The Labute approximate surface area is 158 Å². The molecule has 1 aliphatic heterocycles. The molecule has 3 rings (SSSR count). The lowest BCUT2D eigenvalue weighted by Gasteiger charge is -2.30. The van der Waals surface area contributed by atoms with Crippen molar-refractivity contribution in [3.05, 3.63) is 57.9 Å². The van der Waals surface area contributed by atoms with Crippen molar-refractivity contribution in [1.82, 2.24) is 9.47 Å². The highest BCUT2D eigenvalue weighted by Gasteiger charge is 2.23. The molecule has 0 N–H and O–H groups in total. The average molecular weight is 372 g/mol. The number of rotatable bonds is 5. The number of aromatic nitrogens is 1. The van der Waals surface area contributed by atoms with E-state index in [0.717, 1.165) is 18.7 Å². The summed E-state index contributed by atoms with van der Waals surface area (Å²) in [6.07, 6.45) is -0.143. The Bertz CT molecular complexity index is 860. The lowest BCUT2D eigenvalue weighted by atomic mass is 10.2. The van der Waals surface area contributed by atoms with Crippen LogP contribution in [0.1, 0.15) is 15.9 Å². The fraction of sp³-hybridized carbons (Fsp3) is 0.400. The lowest BCUT2D eigenvalue weighted by Crippen LogP contribution is -2.43. The highest BCUT2D eigenvalue weighted by Crippen LogP contribution is 2.23. The van der Waals surface area contributed by atoms with Gasteiger partial charge < -0.3 is 19.1 Å². The Kier molecular flexibility index (Phi) is 5.93. The van der Waals surface area contributed by atoms with Crippen molar-refractivity contribution in [3.8, 4) is 11.6 Å². The summed E-state index contributed by atoms with van der Waals surface area (Å²) in [5.74, 6) is -0.400. The summed E-state index contributed by atoms with van der Waals surface area (Å²) in [5, 5.41) is 0. The first-order chi connectivity index (χ1) is 13.0. The Balaban J connectivity index is 1.99. The molecule has 1 fully saturated rings. The molecule has 27 heavy (non-hydrogen) atoms. The Morgan fingerprint density at radius 1 is 1.22 bits per heavy atom. The van der Waals surface area contributed by atoms with Gasteiger partial charge in [0.05, 0.1) is 19.4 Å². The minimum atomic E-state index is -0.562. The first-order valence-corrected chi connectivity index (χ1v) is 8.84. The lowest BCUT2D eigenvalue weighted by molar-refractivity contribution is -0.0415. The molecule has 0 saturated carbocycles. The van der Waals surface area contributed by atoms with Crippen molar-refractivity contribution >= 4 is 5.97 Å². The van der Waals surface area contributed by atoms with Gasteiger partial charge in [-0.15, -0.1) is 0 Å². The first kappa shape index (κ1) is 19.1. The number of likely N-dealkylation sites (N-methyl/N-ethyl adjacent to an activating group) is 1. The number of morpholine rings is 1. The predicted octanol–water partition coefficient (Wildman–Crippen LogP) is 1.64. The van der Waals surface area contributed by atoms with Crippen molar-refractivity contribution in [2.75, 3.05) is 40.5 Å². The number of esters is 1. The molecular formula is C20H24N2O5. The van der Waals surface area contributed by atoms with Gasteiger partial charge in [-0.3, -0.25) is 4.79 Å². The molecule has 0 aliphatic carbocycles. The van der Waals surface area contributed by atoms with Crippen molar-refractivity contribution in [2.45, 2.75) is 13.0 Å². The molecule has 1 atom stereocenters. The van der Waals surface area contributed by atoms with Gasteiger partial charge in [-0.25, -0.2) is 9.36 Å². The SMILES string of the molecule is COC(=O)c1ccc(=O)n(-c2ccc(C)cc2)c1OC[C@H]1CN(C)CCO1. The number of hydrogen-bond acceptors (Lipinski definition) is 6. The van der Waals surface area contributed by atoms with Crippen LogP contribution in [0, 0.1) is 6.92 Å². The van der Waals surface area contributed by atoms with Gasteiger partial charge in [-0.2, -0.15) is 0 Å². The molecule has 7 nitrogen and oxygen atoms in total. The maximum atomic E-state index is 12.6. The number of hydrogen-bond donors (Lipinski definition) is 0. The van der Waals surface area contributed by atoms with Crippen LogP contribution in [0.5, 0.6) is 5.88 Å². The Hall–Kier alpha value is -2.64. The molecule has 2 heterocycles. The number of methoxy groups -OCH3 is 1. The number of carbonyl (C=O) groups excluding carboxylic acids is 1. The maximum absolute atomic E-state index is 12.6. The summed E-state index contributed by atoms with van der Waals surface area (Å²) in [5.41, 5.74) is 1.59. The van der Waals surface area contributed by atoms with Gasteiger partial charge in [0, 0.05) is 19.2 Å². The summed E-state index contributed by atoms with van der Waals surface area (Å²) in [6, 6.07) is 10.2. The van der Waals surface area contributed by atoms with E-state index in [0.29, 0.717) is 12.3 Å². The number of pyridine rings is 1. The minimum absolute atomic E-state index is 0.143. The number of carbonyl (C=O) groups is 1. The van der Waals surface area contributed by atoms with Crippen LogP contribution in [0.15, 0.2) is 41.2 Å². The van der Waals surface area contributed by atoms with E-state index in [1.807, 2.05) is 38.2 Å². The fourth-order valence-corrected chi connectivity index (χ4v) is 3.01. The van der Waals surface area contributed by atoms with Crippen LogP contribution in [0.25, 0.3) is 5.69 Å². The molecule has 0 unspecified atom stereocenters. The standard InChI is InChI=1S/C20H24N2O5/c1-14-4-6-15(7-5-14)22-18(23)9-8-17(20(24)25-3)19(22)27-13-16-12-21(2)10-11-26-16/h4-9,16H,10-13H2,1-3H3/t16-/m1/s1. The molecule has 1 saturated heterocycles. The summed E-state index contributed by atoms with van der Waals surface area (Å²) >= 11 is 0. The maximum Gasteiger partial charge on any atom is 0.343 e. The minimum Gasteiger partial charge on any atom is -0.475 e. The van der Waals surface area contributed by atoms with E-state index in [-0.39, 0.29) is 29.7 Å². The van der Waals surface area contributed by atoms with E-state index < -0.39 is 5.97 Å². The quantitative estimate of drug-likeness (QED) is 0.744. The second-order valence-electron chi connectivity index (χ2n) is 6.62. The van der Waals surface area contributed by atoms with Crippen LogP contribution >= 0.6 is 0 Å². The second-order valence-corrected chi connectivity index (χ2v) is 6.62. The molecule has 1 aromatic heterocycles. The molecule has 1 aromatic carbocycles. The van der Waals surface area contributed by atoms with Gasteiger partial charge in [-0.05, 0) is 32.2 Å². The van der Waals surface area contributed by atoms with Crippen molar-refractivity contribution in [1.29, 1.82) is 0 Å². The number of nitrogens with zero attached hydrogens (tertiary/aromatic N) is 2. The van der Waals surface area contributed by atoms with E-state index in [2.05, 4.69) is 4.90 Å². The van der Waals surface area contributed by atoms with E-state index in [4.69, 9.17) is 14.2 Å². The third-order valence-electron chi connectivity index (χ3n) is 4.49. The van der Waals surface area contributed by atoms with Crippen molar-refractivity contribution in [2.24, 2.45) is 0 Å². The molecule has 7 heteroatoms. The van der Waals surface area contributed by atoms with Gasteiger partial charge in [0.25, 0.3) is 5.56 Å². The van der Waals surface area contributed by atoms with Crippen LogP contribution in [0.4, 0.5) is 0 Å². The van der Waals surface area contributed by atoms with Gasteiger partial charge in [0.15, 0.2) is 0 Å². The zero-order chi connectivity index (χ0) is 19.4. The third kappa shape index (κ3) is 4.37. The molecule has 0 radical (unpaired) electrons. The smallest absolute Gasteiger partial charge is 0.343 e. The zero-order valence-corrected chi connectivity index (χ0v) is 15.8. The van der Waals surface area contributed by atoms with Crippen molar-refractivity contribution in [3.63, 3.8) is 0 Å². The summed E-state index contributed by atoms with van der Waals surface area (Å²) in [4.78, 5) is 27.0. The number of benzene rings is 1. The van der Waals surface area contributed by atoms with Crippen LogP contribution < -0.4 is 10.3 Å². The number of ether oxygens (including phenoxy) is 3. The Morgan fingerprint density at radius 3 is 2.63 bits per heavy atom. The van der Waals surface area contributed by atoms with Crippen LogP contribution in [0.3, 0.4) is 0 Å². The second kappa shape index (κ2) is 8.37. The van der Waals surface area contributed by atoms with E-state index in [9.17, 15) is 9.59 Å². The van der Waals surface area contributed by atoms with Crippen LogP contribution in [-0.4, -0.2) is 62.0 Å². The van der Waals surface area contributed by atoms with Crippen molar-refractivity contribution < 1.29 is 19.0 Å². The van der Waals surface area contributed by atoms with Gasteiger partial charge >= 0.3 is 5.97 Å². The van der Waals surface area contributed by atoms with Crippen LogP contribution in [0.2, 0.25) is 0 Å². The zero-order valence-electron chi connectivity index (χ0n) is 15.8. The molecule has 2 aromatic rings. The average Bonchev–Trinajstić information content (AvgIpc) is 2.67. The fourth-order valence-electron chi connectivity index (χ4n) is 3.01. The largest absolute Gasteiger partial charge is 0.475 e. The molecule has 0 bridgehead atoms. The van der Waals surface area contributed by atoms with Gasteiger partial charge in [-0.1, -0.05) is 17.7 Å². The summed E-state index contributed by atoms with van der Waals surface area (Å²) in [6.45, 7) is 4.39. The van der Waals surface area contributed by atoms with Crippen LogP contribution in [-0.2, 0) is 9.47 Å². The molecule has 0 spiro atoms.